The van der Waals surface area contributed by atoms with E-state index in [2.05, 4.69) is 9.97 Å². The Morgan fingerprint density at radius 3 is 2.50 bits per heavy atom. The first kappa shape index (κ1) is 13.0. The van der Waals surface area contributed by atoms with Gasteiger partial charge in [-0.25, -0.2) is 4.98 Å². The van der Waals surface area contributed by atoms with E-state index in [0.29, 0.717) is 15.8 Å². The van der Waals surface area contributed by atoms with Crippen molar-refractivity contribution in [3.05, 3.63) is 52.6 Å². The van der Waals surface area contributed by atoms with Crippen molar-refractivity contribution in [1.82, 2.24) is 9.97 Å². The quantitative estimate of drug-likeness (QED) is 0.766. The molecule has 2 N–H and O–H groups in total. The van der Waals surface area contributed by atoms with Gasteiger partial charge in [0.05, 0.1) is 6.20 Å². The molecule has 0 unspecified atom stereocenters. The number of benzene rings is 2. The van der Waals surface area contributed by atoms with E-state index in [9.17, 15) is 0 Å². The van der Waals surface area contributed by atoms with Crippen LogP contribution in [0.4, 0.5) is 5.95 Å². The van der Waals surface area contributed by atoms with Crippen LogP contribution in [0.3, 0.4) is 0 Å². The number of hydrogen-bond donors (Lipinski definition) is 1. The van der Waals surface area contributed by atoms with Crippen LogP contribution < -0.4 is 10.5 Å². The molecular formula is C14H9Cl2N3O. The average Bonchev–Trinajstić information content (AvgIpc) is 2.46. The Morgan fingerprint density at radius 1 is 0.950 bits per heavy atom. The van der Waals surface area contributed by atoms with Crippen LogP contribution in [-0.2, 0) is 0 Å². The Morgan fingerprint density at radius 2 is 1.70 bits per heavy atom. The van der Waals surface area contributed by atoms with Crippen LogP contribution in [0.5, 0.6) is 11.6 Å². The van der Waals surface area contributed by atoms with Gasteiger partial charge in [0.15, 0.2) is 0 Å². The van der Waals surface area contributed by atoms with Crippen LogP contribution in [0.2, 0.25) is 10.0 Å². The molecule has 0 amide bonds. The van der Waals surface area contributed by atoms with Gasteiger partial charge in [-0.1, -0.05) is 47.5 Å². The molecule has 1 aromatic heterocycles. The first-order valence-electron chi connectivity index (χ1n) is 5.78. The summed E-state index contributed by atoms with van der Waals surface area (Å²) in [7, 11) is 0. The summed E-state index contributed by atoms with van der Waals surface area (Å²) < 4.78 is 5.74. The normalized spacial score (nSPS) is 10.7. The monoisotopic (exact) mass is 305 g/mol. The summed E-state index contributed by atoms with van der Waals surface area (Å²) in [6.07, 6.45) is 1.40. The molecule has 100 valence electrons. The minimum Gasteiger partial charge on any atom is -0.437 e. The molecule has 6 heteroatoms. The van der Waals surface area contributed by atoms with Crippen LogP contribution in [0, 0.1) is 0 Å². The van der Waals surface area contributed by atoms with E-state index in [4.69, 9.17) is 33.7 Å². The number of nitrogens with two attached hydrogens (primary N) is 1. The number of ether oxygens (including phenoxy) is 1. The number of nitrogen functional groups attached to an aromatic ring is 1. The maximum Gasteiger partial charge on any atom is 0.243 e. The second kappa shape index (κ2) is 5.15. The zero-order valence-corrected chi connectivity index (χ0v) is 11.7. The highest BCUT2D eigenvalue weighted by molar-refractivity contribution is 6.35. The minimum atomic E-state index is 0.0997. The summed E-state index contributed by atoms with van der Waals surface area (Å²) in [5.41, 5.74) is 5.54. The van der Waals surface area contributed by atoms with Crippen molar-refractivity contribution in [3.63, 3.8) is 0 Å². The van der Waals surface area contributed by atoms with E-state index < -0.39 is 0 Å². The molecule has 3 aromatic rings. The summed E-state index contributed by atoms with van der Waals surface area (Å²) in [5.74, 6) is 0.916. The highest BCUT2D eigenvalue weighted by Gasteiger charge is 2.10. The summed E-state index contributed by atoms with van der Waals surface area (Å²) in [4.78, 5) is 7.77. The molecule has 3 rings (SSSR count). The molecular weight excluding hydrogens is 297 g/mol. The van der Waals surface area contributed by atoms with Gasteiger partial charge in [-0.3, -0.25) is 0 Å². The molecule has 0 spiro atoms. The Balaban J connectivity index is 2.11. The third-order valence-corrected chi connectivity index (χ3v) is 3.36. The van der Waals surface area contributed by atoms with Crippen molar-refractivity contribution in [3.8, 4) is 11.6 Å². The number of hydrogen-bond acceptors (Lipinski definition) is 4. The molecule has 0 atom stereocenters. The topological polar surface area (TPSA) is 61.0 Å². The zero-order chi connectivity index (χ0) is 14.1. The Labute approximate surface area is 125 Å². The Kier molecular flexibility index (Phi) is 3.34. The van der Waals surface area contributed by atoms with Crippen LogP contribution in [-0.4, -0.2) is 9.97 Å². The number of anilines is 1. The van der Waals surface area contributed by atoms with E-state index >= 15 is 0 Å². The number of fused-ring (bicyclic) bond motifs is 1. The highest BCUT2D eigenvalue weighted by atomic mass is 35.5. The zero-order valence-electron chi connectivity index (χ0n) is 10.2. The first-order chi connectivity index (χ1) is 9.65. The van der Waals surface area contributed by atoms with Gasteiger partial charge in [0.1, 0.15) is 10.8 Å². The number of aromatic nitrogens is 2. The Hall–Kier alpha value is -2.04. The standard InChI is InChI=1S/C14H9Cl2N3O/c15-10-5-6-12(9-4-2-1-3-8(9)10)20-13-11(16)7-18-14(17)19-13/h1-7H,(H2,17,18,19). The van der Waals surface area contributed by atoms with Crippen molar-refractivity contribution in [2.75, 3.05) is 5.73 Å². The first-order valence-corrected chi connectivity index (χ1v) is 6.54. The van der Waals surface area contributed by atoms with E-state index in [0.717, 1.165) is 10.8 Å². The van der Waals surface area contributed by atoms with Gasteiger partial charge in [0.2, 0.25) is 11.8 Å². The molecule has 0 radical (unpaired) electrons. The van der Waals surface area contributed by atoms with Crippen molar-refractivity contribution in [2.45, 2.75) is 0 Å². The summed E-state index contributed by atoms with van der Waals surface area (Å²) in [5, 5.41) is 2.71. The van der Waals surface area contributed by atoms with Crippen molar-refractivity contribution in [2.24, 2.45) is 0 Å². The predicted octanol–water partition coefficient (Wildman–Crippen LogP) is 4.31. The molecule has 2 aromatic carbocycles. The molecule has 1 heterocycles. The van der Waals surface area contributed by atoms with Gasteiger partial charge in [-0.05, 0) is 12.1 Å². The molecule has 0 bridgehead atoms. The maximum atomic E-state index is 6.16. The number of halogens is 2. The summed E-state index contributed by atoms with van der Waals surface area (Å²) >= 11 is 12.2. The minimum absolute atomic E-state index is 0.0997. The van der Waals surface area contributed by atoms with E-state index in [1.165, 1.54) is 6.20 Å². The molecule has 0 saturated heterocycles. The fraction of sp³-hybridized carbons (Fsp3) is 0. The highest BCUT2D eigenvalue weighted by Crippen LogP contribution is 2.35. The smallest absolute Gasteiger partial charge is 0.243 e. The largest absolute Gasteiger partial charge is 0.437 e. The van der Waals surface area contributed by atoms with E-state index in [1.54, 1.807) is 12.1 Å². The van der Waals surface area contributed by atoms with Crippen molar-refractivity contribution in [1.29, 1.82) is 0 Å². The average molecular weight is 306 g/mol. The van der Waals surface area contributed by atoms with Gasteiger partial charge in [-0.2, -0.15) is 4.98 Å². The Bertz CT molecular complexity index is 792. The second-order valence-corrected chi connectivity index (χ2v) is 4.89. The van der Waals surface area contributed by atoms with Crippen LogP contribution in [0.1, 0.15) is 0 Å². The third kappa shape index (κ3) is 2.35. The fourth-order valence-corrected chi connectivity index (χ4v) is 2.22. The summed E-state index contributed by atoms with van der Waals surface area (Å²) in [6.45, 7) is 0. The lowest BCUT2D eigenvalue weighted by molar-refractivity contribution is 0.468. The molecule has 0 aliphatic rings. The third-order valence-electron chi connectivity index (χ3n) is 2.77. The van der Waals surface area contributed by atoms with Crippen molar-refractivity contribution >= 4 is 39.9 Å². The summed E-state index contributed by atoms with van der Waals surface area (Å²) in [6, 6.07) is 11.2. The molecule has 0 saturated carbocycles. The maximum absolute atomic E-state index is 6.16. The van der Waals surface area contributed by atoms with Gasteiger partial charge in [-0.15, -0.1) is 0 Å². The number of rotatable bonds is 2. The van der Waals surface area contributed by atoms with Crippen LogP contribution >= 0.6 is 23.2 Å². The lowest BCUT2D eigenvalue weighted by atomic mass is 10.1. The second-order valence-electron chi connectivity index (χ2n) is 4.07. The SMILES string of the molecule is Nc1ncc(Cl)c(Oc2ccc(Cl)c3ccccc23)n1. The molecule has 20 heavy (non-hydrogen) atoms. The number of nitrogens with zero attached hydrogens (tertiary/aromatic N) is 2. The van der Waals surface area contributed by atoms with Gasteiger partial charge < -0.3 is 10.5 Å². The van der Waals surface area contributed by atoms with Crippen LogP contribution in [0.15, 0.2) is 42.6 Å². The van der Waals surface area contributed by atoms with Crippen LogP contribution in [0.25, 0.3) is 10.8 Å². The predicted molar refractivity (Wildman–Crippen MR) is 80.5 cm³/mol. The van der Waals surface area contributed by atoms with Gasteiger partial charge >= 0.3 is 0 Å². The fourth-order valence-electron chi connectivity index (χ4n) is 1.86. The molecule has 0 aliphatic carbocycles. The van der Waals surface area contributed by atoms with E-state index in [-0.39, 0.29) is 11.8 Å². The van der Waals surface area contributed by atoms with Gasteiger partial charge in [0.25, 0.3) is 0 Å². The lowest BCUT2D eigenvalue weighted by Gasteiger charge is -2.10. The molecule has 0 fully saturated rings. The molecule has 0 aliphatic heterocycles. The van der Waals surface area contributed by atoms with Crippen molar-refractivity contribution < 1.29 is 4.74 Å². The van der Waals surface area contributed by atoms with E-state index in [1.807, 2.05) is 24.3 Å². The van der Waals surface area contributed by atoms with Gasteiger partial charge in [0, 0.05) is 15.8 Å². The lowest BCUT2D eigenvalue weighted by Crippen LogP contribution is -1.97. The molecule has 4 nitrogen and oxygen atoms in total.